The lowest BCUT2D eigenvalue weighted by atomic mass is 10.1. The van der Waals surface area contributed by atoms with Gasteiger partial charge in [0.1, 0.15) is 12.4 Å². The van der Waals surface area contributed by atoms with Crippen molar-refractivity contribution in [3.63, 3.8) is 0 Å². The third kappa shape index (κ3) is 7.50. The number of hydrogen-bond donors (Lipinski definition) is 2. The van der Waals surface area contributed by atoms with E-state index in [-0.39, 0.29) is 5.91 Å². The molecule has 0 spiro atoms. The molecule has 0 radical (unpaired) electrons. The van der Waals surface area contributed by atoms with Crippen LogP contribution in [0, 0.1) is 5.92 Å². The monoisotopic (exact) mass is 456 g/mol. The molecule has 1 amide bonds. The fourth-order valence-corrected chi connectivity index (χ4v) is 3.31. The number of carbonyl (C=O) groups is 1. The Kier molecular flexibility index (Phi) is 8.21. The van der Waals surface area contributed by atoms with E-state index < -0.39 is 0 Å². The first-order valence-electron chi connectivity index (χ1n) is 10.2. The van der Waals surface area contributed by atoms with Gasteiger partial charge in [0.05, 0.1) is 10.0 Å². The maximum absolute atomic E-state index is 12.0. The van der Waals surface area contributed by atoms with E-state index in [9.17, 15) is 4.79 Å². The number of nitrogens with one attached hydrogen (secondary N) is 2. The molecule has 0 aliphatic rings. The van der Waals surface area contributed by atoms with Gasteiger partial charge in [-0.2, -0.15) is 0 Å². The fourth-order valence-electron chi connectivity index (χ4n) is 2.99. The number of hydrogen-bond acceptors (Lipinski definition) is 3. The summed E-state index contributed by atoms with van der Waals surface area (Å²) < 4.78 is 5.82. The van der Waals surface area contributed by atoms with E-state index in [1.165, 1.54) is 0 Å². The number of rotatable bonds is 9. The SMILES string of the molecule is CC(C)CC(=O)Nc1cccc(NCc2ccc(OCc3ccc(Cl)c(Cl)c3)cc2)c1. The van der Waals surface area contributed by atoms with Gasteiger partial charge in [-0.3, -0.25) is 4.79 Å². The van der Waals surface area contributed by atoms with E-state index in [2.05, 4.69) is 10.6 Å². The van der Waals surface area contributed by atoms with Crippen LogP contribution in [0.1, 0.15) is 31.4 Å². The molecule has 0 aliphatic heterocycles. The molecule has 0 heterocycles. The van der Waals surface area contributed by atoms with Crippen LogP contribution in [0.2, 0.25) is 10.0 Å². The van der Waals surface area contributed by atoms with Crippen molar-refractivity contribution >= 4 is 40.5 Å². The minimum absolute atomic E-state index is 0.0311. The first-order valence-corrected chi connectivity index (χ1v) is 10.9. The van der Waals surface area contributed by atoms with Crippen LogP contribution in [0.15, 0.2) is 66.7 Å². The number of carbonyl (C=O) groups excluding carboxylic acids is 1. The van der Waals surface area contributed by atoms with E-state index in [1.807, 2.05) is 74.5 Å². The van der Waals surface area contributed by atoms with Gasteiger partial charge in [0.25, 0.3) is 0 Å². The quantitative estimate of drug-likeness (QED) is 0.358. The summed E-state index contributed by atoms with van der Waals surface area (Å²) in [7, 11) is 0. The molecule has 31 heavy (non-hydrogen) atoms. The Balaban J connectivity index is 1.50. The third-order valence-electron chi connectivity index (χ3n) is 4.55. The van der Waals surface area contributed by atoms with Gasteiger partial charge in [0, 0.05) is 24.3 Å². The summed E-state index contributed by atoms with van der Waals surface area (Å²) in [5.41, 5.74) is 3.82. The highest BCUT2D eigenvalue weighted by atomic mass is 35.5. The molecule has 0 aromatic heterocycles. The van der Waals surface area contributed by atoms with Crippen LogP contribution in [-0.2, 0) is 17.9 Å². The van der Waals surface area contributed by atoms with E-state index >= 15 is 0 Å². The van der Waals surface area contributed by atoms with Gasteiger partial charge < -0.3 is 15.4 Å². The predicted molar refractivity (Wildman–Crippen MR) is 129 cm³/mol. The normalized spacial score (nSPS) is 10.7. The number of halogens is 2. The summed E-state index contributed by atoms with van der Waals surface area (Å²) in [6.45, 7) is 5.14. The van der Waals surface area contributed by atoms with Crippen LogP contribution in [0.3, 0.4) is 0 Å². The maximum Gasteiger partial charge on any atom is 0.224 e. The Morgan fingerprint density at radius 1 is 0.903 bits per heavy atom. The van der Waals surface area contributed by atoms with Crippen molar-refractivity contribution in [2.24, 2.45) is 5.92 Å². The zero-order valence-corrected chi connectivity index (χ0v) is 19.1. The van der Waals surface area contributed by atoms with Crippen LogP contribution < -0.4 is 15.4 Å². The maximum atomic E-state index is 12.0. The third-order valence-corrected chi connectivity index (χ3v) is 5.29. The van der Waals surface area contributed by atoms with Crippen LogP contribution in [-0.4, -0.2) is 5.91 Å². The molecule has 4 nitrogen and oxygen atoms in total. The number of ether oxygens (including phenoxy) is 1. The summed E-state index contributed by atoms with van der Waals surface area (Å²) in [5, 5.41) is 7.38. The van der Waals surface area contributed by atoms with Gasteiger partial charge in [-0.25, -0.2) is 0 Å². The van der Waals surface area contributed by atoms with Gasteiger partial charge in [-0.1, -0.05) is 61.3 Å². The van der Waals surface area contributed by atoms with E-state index in [4.69, 9.17) is 27.9 Å². The van der Waals surface area contributed by atoms with Gasteiger partial charge in [-0.05, 0) is 59.5 Å². The molecule has 0 saturated heterocycles. The number of anilines is 2. The molecule has 0 aliphatic carbocycles. The van der Waals surface area contributed by atoms with E-state index in [0.29, 0.717) is 35.5 Å². The molecule has 0 saturated carbocycles. The molecule has 0 bridgehead atoms. The van der Waals surface area contributed by atoms with Crippen molar-refractivity contribution in [2.45, 2.75) is 33.4 Å². The number of benzene rings is 3. The molecule has 6 heteroatoms. The zero-order valence-electron chi connectivity index (χ0n) is 17.6. The highest BCUT2D eigenvalue weighted by molar-refractivity contribution is 6.42. The van der Waals surface area contributed by atoms with Crippen molar-refractivity contribution in [1.82, 2.24) is 0 Å². The molecule has 3 aromatic carbocycles. The molecule has 3 aromatic rings. The van der Waals surface area contributed by atoms with Crippen molar-refractivity contribution in [1.29, 1.82) is 0 Å². The lowest BCUT2D eigenvalue weighted by Gasteiger charge is -2.11. The minimum atomic E-state index is 0.0311. The summed E-state index contributed by atoms with van der Waals surface area (Å²) in [6, 6.07) is 21.1. The predicted octanol–water partition coefficient (Wildman–Crippen LogP) is 7.17. The highest BCUT2D eigenvalue weighted by Gasteiger charge is 2.06. The average molecular weight is 457 g/mol. The average Bonchev–Trinajstić information content (AvgIpc) is 2.73. The topological polar surface area (TPSA) is 50.4 Å². The standard InChI is InChI=1S/C25H26Cl2N2O2/c1-17(2)12-25(30)29-21-5-3-4-20(14-21)28-15-18-6-9-22(10-7-18)31-16-19-8-11-23(26)24(27)13-19/h3-11,13-14,17,28H,12,15-16H2,1-2H3,(H,29,30). The number of amides is 1. The molecule has 3 rings (SSSR count). The second kappa shape index (κ2) is 11.1. The van der Waals surface area contributed by atoms with Gasteiger partial charge in [-0.15, -0.1) is 0 Å². The van der Waals surface area contributed by atoms with E-state index in [1.54, 1.807) is 6.07 Å². The molecule has 2 N–H and O–H groups in total. The van der Waals surface area contributed by atoms with Crippen molar-refractivity contribution in [3.05, 3.63) is 87.9 Å². The van der Waals surface area contributed by atoms with Crippen LogP contribution in [0.25, 0.3) is 0 Å². The van der Waals surface area contributed by atoms with Crippen molar-refractivity contribution in [3.8, 4) is 5.75 Å². The first kappa shape index (κ1) is 23.0. The second-order valence-corrected chi connectivity index (χ2v) is 8.58. The second-order valence-electron chi connectivity index (χ2n) is 7.76. The van der Waals surface area contributed by atoms with Crippen LogP contribution >= 0.6 is 23.2 Å². The van der Waals surface area contributed by atoms with Gasteiger partial charge in [0.2, 0.25) is 5.91 Å². The smallest absolute Gasteiger partial charge is 0.224 e. The first-order chi connectivity index (χ1) is 14.9. The Labute approximate surface area is 193 Å². The van der Waals surface area contributed by atoms with Crippen LogP contribution in [0.5, 0.6) is 5.75 Å². The summed E-state index contributed by atoms with van der Waals surface area (Å²) >= 11 is 12.0. The Hall–Kier alpha value is -2.69. The van der Waals surface area contributed by atoms with Crippen molar-refractivity contribution in [2.75, 3.05) is 10.6 Å². The fraction of sp³-hybridized carbons (Fsp3) is 0.240. The summed E-state index contributed by atoms with van der Waals surface area (Å²) in [6.07, 6.45) is 0.511. The van der Waals surface area contributed by atoms with E-state index in [0.717, 1.165) is 28.3 Å². The lowest BCUT2D eigenvalue weighted by molar-refractivity contribution is -0.116. The van der Waals surface area contributed by atoms with Crippen molar-refractivity contribution < 1.29 is 9.53 Å². The molecular weight excluding hydrogens is 431 g/mol. The molecular formula is C25H26Cl2N2O2. The lowest BCUT2D eigenvalue weighted by Crippen LogP contribution is -2.13. The summed E-state index contributed by atoms with van der Waals surface area (Å²) in [5.74, 6) is 1.14. The van der Waals surface area contributed by atoms with Gasteiger partial charge >= 0.3 is 0 Å². The Morgan fingerprint density at radius 3 is 2.32 bits per heavy atom. The molecule has 0 fully saturated rings. The zero-order chi connectivity index (χ0) is 22.2. The molecule has 162 valence electrons. The van der Waals surface area contributed by atoms with Gasteiger partial charge in [0.15, 0.2) is 0 Å². The molecule has 0 atom stereocenters. The van der Waals surface area contributed by atoms with Crippen LogP contribution in [0.4, 0.5) is 11.4 Å². The molecule has 0 unspecified atom stereocenters. The Morgan fingerprint density at radius 2 is 1.61 bits per heavy atom. The minimum Gasteiger partial charge on any atom is -0.489 e. The largest absolute Gasteiger partial charge is 0.489 e. The summed E-state index contributed by atoms with van der Waals surface area (Å²) in [4.78, 5) is 12.0. The highest BCUT2D eigenvalue weighted by Crippen LogP contribution is 2.24. The Bertz CT molecular complexity index is 1020.